The third-order valence-corrected chi connectivity index (χ3v) is 6.59. The van der Waals surface area contributed by atoms with Gasteiger partial charge in [0.15, 0.2) is 0 Å². The molecule has 2 saturated heterocycles. The lowest BCUT2D eigenvalue weighted by molar-refractivity contribution is -0.115. The third kappa shape index (κ3) is 5.46. The summed E-state index contributed by atoms with van der Waals surface area (Å²) in [7, 11) is 1.79. The van der Waals surface area contributed by atoms with Gasteiger partial charge in [0.05, 0.1) is 0 Å². The van der Waals surface area contributed by atoms with Gasteiger partial charge in [-0.25, -0.2) is 4.98 Å². The number of piperidine rings is 2. The first-order valence-electron chi connectivity index (χ1n) is 11.7. The molecule has 1 amide bonds. The summed E-state index contributed by atoms with van der Waals surface area (Å²) in [6.07, 6.45) is 5.21. The second-order valence-electron chi connectivity index (χ2n) is 8.81. The minimum absolute atomic E-state index is 0.0338. The molecule has 0 saturated carbocycles. The summed E-state index contributed by atoms with van der Waals surface area (Å²) in [6.45, 7) is 3.75. The Morgan fingerprint density at radius 1 is 1.09 bits per heavy atom. The maximum Gasteiger partial charge on any atom is 0.270 e. The molecule has 32 heavy (non-hydrogen) atoms. The fraction of sp³-hybridized carbons (Fsp3) is 0.480. The smallest absolute Gasteiger partial charge is 0.270 e. The van der Waals surface area contributed by atoms with Crippen LogP contribution in [-0.2, 0) is 11.2 Å². The van der Waals surface area contributed by atoms with E-state index < -0.39 is 0 Å². The van der Waals surface area contributed by atoms with Crippen molar-refractivity contribution in [1.29, 1.82) is 5.41 Å². The molecule has 2 aliphatic heterocycles. The van der Waals surface area contributed by atoms with Crippen LogP contribution in [0.1, 0.15) is 36.8 Å². The first-order valence-corrected chi connectivity index (χ1v) is 11.7. The summed E-state index contributed by atoms with van der Waals surface area (Å²) in [5.74, 6) is 1.86. The summed E-state index contributed by atoms with van der Waals surface area (Å²) >= 11 is 0. The van der Waals surface area contributed by atoms with E-state index in [-0.39, 0.29) is 17.7 Å². The van der Waals surface area contributed by atoms with E-state index in [1.165, 1.54) is 5.56 Å². The summed E-state index contributed by atoms with van der Waals surface area (Å²) < 4.78 is 0. The molecule has 2 fully saturated rings. The van der Waals surface area contributed by atoms with Crippen molar-refractivity contribution in [1.82, 2.24) is 15.6 Å². The molecule has 0 radical (unpaired) electrons. The normalized spacial score (nSPS) is 17.7. The number of benzene rings is 1. The number of nitrogens with one attached hydrogen (secondary N) is 4. The Morgan fingerprint density at radius 2 is 1.81 bits per heavy atom. The lowest BCUT2D eigenvalue weighted by atomic mass is 9.90. The van der Waals surface area contributed by atoms with Crippen LogP contribution in [0.2, 0.25) is 0 Å². The van der Waals surface area contributed by atoms with Crippen LogP contribution in [0.5, 0.6) is 0 Å². The van der Waals surface area contributed by atoms with Crippen LogP contribution < -0.4 is 20.9 Å². The zero-order chi connectivity index (χ0) is 22.3. The summed E-state index contributed by atoms with van der Waals surface area (Å²) in [4.78, 5) is 19.7. The van der Waals surface area contributed by atoms with Crippen molar-refractivity contribution < 1.29 is 4.79 Å². The highest BCUT2D eigenvalue weighted by atomic mass is 16.1. The van der Waals surface area contributed by atoms with Crippen molar-refractivity contribution in [2.45, 2.75) is 38.1 Å². The first kappa shape index (κ1) is 22.3. The minimum atomic E-state index is -0.329. The number of hydrogen-bond acceptors (Lipinski definition) is 6. The molecule has 2 aliphatic rings. The molecule has 2 aromatic rings. The molecule has 0 bridgehead atoms. The monoisotopic (exact) mass is 434 g/mol. The number of hydrogen-bond donors (Lipinski definition) is 4. The third-order valence-electron chi connectivity index (χ3n) is 6.59. The van der Waals surface area contributed by atoms with Gasteiger partial charge in [-0.1, -0.05) is 30.3 Å². The lowest BCUT2D eigenvalue weighted by Gasteiger charge is -2.33. The van der Waals surface area contributed by atoms with Crippen LogP contribution in [-0.4, -0.2) is 55.9 Å². The SMILES string of the molecule is CNc1nc(N2CCC(Cc3ccccc3)CC2)ccc1C(=N)C(=O)NC1CCNCC1. The number of nitrogens with zero attached hydrogens (tertiary/aromatic N) is 2. The molecular weight excluding hydrogens is 400 g/mol. The molecule has 0 unspecified atom stereocenters. The van der Waals surface area contributed by atoms with E-state index in [0.717, 1.165) is 64.1 Å². The number of rotatable bonds is 7. The number of carbonyl (C=O) groups is 1. The largest absolute Gasteiger partial charge is 0.373 e. The fourth-order valence-electron chi connectivity index (χ4n) is 4.68. The molecule has 0 aliphatic carbocycles. The van der Waals surface area contributed by atoms with Crippen LogP contribution in [0, 0.1) is 11.3 Å². The topological polar surface area (TPSA) is 93.1 Å². The molecule has 3 heterocycles. The zero-order valence-corrected chi connectivity index (χ0v) is 18.9. The second-order valence-corrected chi connectivity index (χ2v) is 8.81. The van der Waals surface area contributed by atoms with E-state index in [4.69, 9.17) is 10.4 Å². The quantitative estimate of drug-likeness (QED) is 0.503. The Hall–Kier alpha value is -2.93. The Balaban J connectivity index is 1.36. The highest BCUT2D eigenvalue weighted by molar-refractivity contribution is 6.45. The molecule has 4 N–H and O–H groups in total. The molecule has 1 aromatic heterocycles. The Morgan fingerprint density at radius 3 is 2.50 bits per heavy atom. The van der Waals surface area contributed by atoms with E-state index in [2.05, 4.69) is 51.2 Å². The van der Waals surface area contributed by atoms with Gasteiger partial charge < -0.3 is 20.9 Å². The van der Waals surface area contributed by atoms with Gasteiger partial charge in [0.25, 0.3) is 5.91 Å². The Kier molecular flexibility index (Phi) is 7.37. The summed E-state index contributed by atoms with van der Waals surface area (Å²) in [6, 6.07) is 14.6. The average molecular weight is 435 g/mol. The van der Waals surface area contributed by atoms with Gasteiger partial charge in [-0.2, -0.15) is 0 Å². The predicted octanol–water partition coefficient (Wildman–Crippen LogP) is 2.82. The van der Waals surface area contributed by atoms with E-state index in [0.29, 0.717) is 17.3 Å². The number of pyridine rings is 1. The van der Waals surface area contributed by atoms with Gasteiger partial charge in [-0.05, 0) is 68.8 Å². The molecule has 0 spiro atoms. The van der Waals surface area contributed by atoms with E-state index in [1.54, 1.807) is 7.05 Å². The van der Waals surface area contributed by atoms with Crippen LogP contribution in [0.4, 0.5) is 11.6 Å². The van der Waals surface area contributed by atoms with E-state index in [9.17, 15) is 4.79 Å². The van der Waals surface area contributed by atoms with Crippen molar-refractivity contribution >= 4 is 23.3 Å². The van der Waals surface area contributed by atoms with E-state index in [1.807, 2.05) is 12.1 Å². The summed E-state index contributed by atoms with van der Waals surface area (Å²) in [5, 5.41) is 17.8. The van der Waals surface area contributed by atoms with Crippen molar-refractivity contribution in [2.24, 2.45) is 5.92 Å². The van der Waals surface area contributed by atoms with Gasteiger partial charge in [-0.15, -0.1) is 0 Å². The van der Waals surface area contributed by atoms with Crippen LogP contribution in [0.3, 0.4) is 0 Å². The van der Waals surface area contributed by atoms with Crippen molar-refractivity contribution in [2.75, 3.05) is 43.4 Å². The first-order chi connectivity index (χ1) is 15.6. The molecule has 7 heteroatoms. The average Bonchev–Trinajstić information content (AvgIpc) is 2.85. The number of amides is 1. The maximum atomic E-state index is 12.6. The highest BCUT2D eigenvalue weighted by Gasteiger charge is 2.24. The molecule has 0 atom stereocenters. The van der Waals surface area contributed by atoms with Crippen LogP contribution in [0.15, 0.2) is 42.5 Å². The van der Waals surface area contributed by atoms with Gasteiger partial charge in [-0.3, -0.25) is 10.2 Å². The Labute approximate surface area is 190 Å². The van der Waals surface area contributed by atoms with Gasteiger partial charge in [0.2, 0.25) is 0 Å². The van der Waals surface area contributed by atoms with Crippen molar-refractivity contribution in [3.05, 3.63) is 53.6 Å². The number of carbonyl (C=O) groups excluding carboxylic acids is 1. The van der Waals surface area contributed by atoms with Crippen LogP contribution in [0.25, 0.3) is 0 Å². The zero-order valence-electron chi connectivity index (χ0n) is 18.9. The van der Waals surface area contributed by atoms with Crippen molar-refractivity contribution in [3.63, 3.8) is 0 Å². The molecule has 170 valence electrons. The lowest BCUT2D eigenvalue weighted by Crippen LogP contribution is -2.45. The number of aromatic nitrogens is 1. The van der Waals surface area contributed by atoms with Gasteiger partial charge in [0.1, 0.15) is 17.3 Å². The standard InChI is InChI=1S/C25H34N6O/c1-27-24-21(23(26)25(32)29-20-9-13-28-14-10-20)7-8-22(30-24)31-15-11-19(12-16-31)17-18-5-3-2-4-6-18/h2-8,19-20,26,28H,9-17H2,1H3,(H,27,30)(H,29,32). The fourth-order valence-corrected chi connectivity index (χ4v) is 4.68. The van der Waals surface area contributed by atoms with Crippen molar-refractivity contribution in [3.8, 4) is 0 Å². The van der Waals surface area contributed by atoms with Gasteiger partial charge >= 0.3 is 0 Å². The Bertz CT molecular complexity index is 917. The second kappa shape index (κ2) is 10.6. The molecule has 4 rings (SSSR count). The number of anilines is 2. The minimum Gasteiger partial charge on any atom is -0.373 e. The highest BCUT2D eigenvalue weighted by Crippen LogP contribution is 2.27. The maximum absolute atomic E-state index is 12.6. The molecule has 1 aromatic carbocycles. The van der Waals surface area contributed by atoms with Gasteiger partial charge in [0, 0.05) is 31.7 Å². The predicted molar refractivity (Wildman–Crippen MR) is 130 cm³/mol. The summed E-state index contributed by atoms with van der Waals surface area (Å²) in [5.41, 5.74) is 1.92. The van der Waals surface area contributed by atoms with Crippen LogP contribution >= 0.6 is 0 Å². The van der Waals surface area contributed by atoms with E-state index >= 15 is 0 Å². The molecule has 7 nitrogen and oxygen atoms in total. The molecular formula is C25H34N6O.